The normalized spacial score (nSPS) is 9.89. The van der Waals surface area contributed by atoms with Crippen LogP contribution >= 0.6 is 0 Å². The first-order valence-corrected chi connectivity index (χ1v) is 5.91. The number of anilines is 1. The SMILES string of the molecule is C=CCN(CCC)c1cc(OC)ccc1C(=O)O. The molecule has 98 valence electrons. The molecule has 0 fully saturated rings. The molecule has 1 aromatic carbocycles. The lowest BCUT2D eigenvalue weighted by Crippen LogP contribution is -2.26. The van der Waals surface area contributed by atoms with E-state index < -0.39 is 5.97 Å². The van der Waals surface area contributed by atoms with Crippen molar-refractivity contribution in [1.82, 2.24) is 0 Å². The molecule has 0 aromatic heterocycles. The van der Waals surface area contributed by atoms with Gasteiger partial charge in [-0.05, 0) is 18.6 Å². The summed E-state index contributed by atoms with van der Waals surface area (Å²) in [7, 11) is 1.57. The van der Waals surface area contributed by atoms with Crippen LogP contribution in [0.5, 0.6) is 5.75 Å². The van der Waals surface area contributed by atoms with Crippen molar-refractivity contribution in [3.05, 3.63) is 36.4 Å². The zero-order chi connectivity index (χ0) is 13.5. The Morgan fingerprint density at radius 3 is 2.78 bits per heavy atom. The lowest BCUT2D eigenvalue weighted by Gasteiger charge is -2.24. The maximum Gasteiger partial charge on any atom is 0.337 e. The fourth-order valence-electron chi connectivity index (χ4n) is 1.82. The molecular formula is C14H19NO3. The summed E-state index contributed by atoms with van der Waals surface area (Å²) in [6.07, 6.45) is 2.70. The molecule has 0 radical (unpaired) electrons. The fourth-order valence-corrected chi connectivity index (χ4v) is 1.82. The summed E-state index contributed by atoms with van der Waals surface area (Å²) in [5.74, 6) is -0.280. The molecular weight excluding hydrogens is 230 g/mol. The third kappa shape index (κ3) is 3.26. The van der Waals surface area contributed by atoms with Gasteiger partial charge in [-0.1, -0.05) is 13.0 Å². The van der Waals surface area contributed by atoms with Gasteiger partial charge in [0.05, 0.1) is 18.4 Å². The first kappa shape index (κ1) is 14.1. The molecule has 0 saturated heterocycles. The molecule has 0 spiro atoms. The molecule has 0 aliphatic rings. The number of ether oxygens (including phenoxy) is 1. The second-order valence-electron chi connectivity index (χ2n) is 3.92. The molecule has 1 rings (SSSR count). The second-order valence-corrected chi connectivity index (χ2v) is 3.92. The molecule has 0 heterocycles. The van der Waals surface area contributed by atoms with Gasteiger partial charge in [0.25, 0.3) is 0 Å². The van der Waals surface area contributed by atoms with Crippen molar-refractivity contribution in [2.45, 2.75) is 13.3 Å². The molecule has 18 heavy (non-hydrogen) atoms. The van der Waals surface area contributed by atoms with E-state index in [1.807, 2.05) is 4.90 Å². The highest BCUT2D eigenvalue weighted by Gasteiger charge is 2.15. The van der Waals surface area contributed by atoms with Crippen molar-refractivity contribution in [2.75, 3.05) is 25.1 Å². The van der Waals surface area contributed by atoms with Crippen molar-refractivity contribution >= 4 is 11.7 Å². The highest BCUT2D eigenvalue weighted by Crippen LogP contribution is 2.26. The summed E-state index contributed by atoms with van der Waals surface area (Å²) in [5.41, 5.74) is 0.953. The van der Waals surface area contributed by atoms with Crippen LogP contribution in [0.1, 0.15) is 23.7 Å². The number of rotatable bonds is 7. The minimum Gasteiger partial charge on any atom is -0.497 e. The topological polar surface area (TPSA) is 49.8 Å². The van der Waals surface area contributed by atoms with E-state index in [0.29, 0.717) is 18.0 Å². The van der Waals surface area contributed by atoms with Crippen molar-refractivity contribution in [3.63, 3.8) is 0 Å². The van der Waals surface area contributed by atoms with Crippen LogP contribution in [0.25, 0.3) is 0 Å². The van der Waals surface area contributed by atoms with Crippen molar-refractivity contribution in [3.8, 4) is 5.75 Å². The molecule has 0 amide bonds. The van der Waals surface area contributed by atoms with Gasteiger partial charge >= 0.3 is 5.97 Å². The number of methoxy groups -OCH3 is 1. The number of hydrogen-bond acceptors (Lipinski definition) is 3. The molecule has 4 nitrogen and oxygen atoms in total. The Balaban J connectivity index is 3.22. The first-order chi connectivity index (χ1) is 8.63. The summed E-state index contributed by atoms with van der Waals surface area (Å²) in [5, 5.41) is 9.22. The van der Waals surface area contributed by atoms with Crippen LogP contribution in [0, 0.1) is 0 Å². The zero-order valence-corrected chi connectivity index (χ0v) is 10.8. The van der Waals surface area contributed by atoms with Gasteiger partial charge in [-0.3, -0.25) is 0 Å². The monoisotopic (exact) mass is 249 g/mol. The predicted octanol–water partition coefficient (Wildman–Crippen LogP) is 2.80. The molecule has 1 N–H and O–H groups in total. The van der Waals surface area contributed by atoms with Crippen molar-refractivity contribution < 1.29 is 14.6 Å². The third-order valence-corrected chi connectivity index (χ3v) is 2.62. The van der Waals surface area contributed by atoms with Crippen LogP contribution in [-0.4, -0.2) is 31.3 Å². The number of hydrogen-bond donors (Lipinski definition) is 1. The van der Waals surface area contributed by atoms with E-state index in [9.17, 15) is 9.90 Å². The van der Waals surface area contributed by atoms with Gasteiger partial charge in [-0.2, -0.15) is 0 Å². The standard InChI is InChI=1S/C14H19NO3/c1-4-8-15(9-5-2)13-10-11(18-3)6-7-12(13)14(16)17/h4,6-7,10H,1,5,8-9H2,2-3H3,(H,16,17). The second kappa shape index (κ2) is 6.69. The Hall–Kier alpha value is -1.97. The average Bonchev–Trinajstić information content (AvgIpc) is 2.37. The smallest absolute Gasteiger partial charge is 0.337 e. The number of carboxylic acid groups (broad SMARTS) is 1. The summed E-state index contributed by atoms with van der Waals surface area (Å²) in [4.78, 5) is 13.2. The summed E-state index contributed by atoms with van der Waals surface area (Å²) in [6, 6.07) is 4.98. The van der Waals surface area contributed by atoms with Gasteiger partial charge in [0.2, 0.25) is 0 Å². The quantitative estimate of drug-likeness (QED) is 0.755. The molecule has 0 aliphatic carbocycles. The highest BCUT2D eigenvalue weighted by molar-refractivity contribution is 5.94. The lowest BCUT2D eigenvalue weighted by molar-refractivity contribution is 0.0697. The Kier molecular flexibility index (Phi) is 5.24. The van der Waals surface area contributed by atoms with Crippen LogP contribution in [0.2, 0.25) is 0 Å². The molecule has 0 saturated carbocycles. The van der Waals surface area contributed by atoms with Gasteiger partial charge in [-0.25, -0.2) is 4.79 Å². The number of benzene rings is 1. The van der Waals surface area contributed by atoms with Crippen molar-refractivity contribution in [1.29, 1.82) is 0 Å². The van der Waals surface area contributed by atoms with E-state index in [0.717, 1.165) is 13.0 Å². The lowest BCUT2D eigenvalue weighted by atomic mass is 10.1. The average molecular weight is 249 g/mol. The van der Waals surface area contributed by atoms with Gasteiger partial charge in [0.1, 0.15) is 5.75 Å². The zero-order valence-electron chi connectivity index (χ0n) is 10.8. The van der Waals surface area contributed by atoms with Crippen LogP contribution in [0.3, 0.4) is 0 Å². The maximum absolute atomic E-state index is 11.2. The number of nitrogens with zero attached hydrogens (tertiary/aromatic N) is 1. The Morgan fingerprint density at radius 1 is 1.56 bits per heavy atom. The van der Waals surface area contributed by atoms with E-state index in [4.69, 9.17) is 4.74 Å². The van der Waals surface area contributed by atoms with Crippen molar-refractivity contribution in [2.24, 2.45) is 0 Å². The summed E-state index contributed by atoms with van der Waals surface area (Å²) >= 11 is 0. The summed E-state index contributed by atoms with van der Waals surface area (Å²) < 4.78 is 5.15. The Bertz CT molecular complexity index is 429. The van der Waals surface area contributed by atoms with Gasteiger partial charge in [-0.15, -0.1) is 6.58 Å². The molecule has 0 aliphatic heterocycles. The Morgan fingerprint density at radius 2 is 2.28 bits per heavy atom. The molecule has 4 heteroatoms. The largest absolute Gasteiger partial charge is 0.497 e. The van der Waals surface area contributed by atoms with E-state index in [1.165, 1.54) is 0 Å². The maximum atomic E-state index is 11.2. The van der Waals surface area contributed by atoms with E-state index >= 15 is 0 Å². The van der Waals surface area contributed by atoms with Crippen LogP contribution in [-0.2, 0) is 0 Å². The minimum atomic E-state index is -0.933. The van der Waals surface area contributed by atoms with E-state index in [2.05, 4.69) is 13.5 Å². The molecule has 1 aromatic rings. The van der Waals surface area contributed by atoms with Crippen LogP contribution in [0.15, 0.2) is 30.9 Å². The van der Waals surface area contributed by atoms with E-state index in [1.54, 1.807) is 31.4 Å². The predicted molar refractivity (Wildman–Crippen MR) is 72.7 cm³/mol. The minimum absolute atomic E-state index is 0.283. The van der Waals surface area contributed by atoms with Crippen LogP contribution < -0.4 is 9.64 Å². The molecule has 0 atom stereocenters. The molecule has 0 bridgehead atoms. The molecule has 0 unspecified atom stereocenters. The van der Waals surface area contributed by atoms with Gasteiger partial charge < -0.3 is 14.7 Å². The van der Waals surface area contributed by atoms with Gasteiger partial charge in [0, 0.05) is 19.2 Å². The fraction of sp³-hybridized carbons (Fsp3) is 0.357. The first-order valence-electron chi connectivity index (χ1n) is 5.91. The number of aromatic carboxylic acids is 1. The van der Waals surface area contributed by atoms with E-state index in [-0.39, 0.29) is 5.56 Å². The number of carboxylic acids is 1. The Labute approximate surface area is 107 Å². The summed E-state index contributed by atoms with van der Waals surface area (Å²) in [6.45, 7) is 7.15. The highest BCUT2D eigenvalue weighted by atomic mass is 16.5. The van der Waals surface area contributed by atoms with Crippen LogP contribution in [0.4, 0.5) is 5.69 Å². The van der Waals surface area contributed by atoms with Gasteiger partial charge in [0.15, 0.2) is 0 Å². The number of carbonyl (C=O) groups is 1. The third-order valence-electron chi connectivity index (χ3n) is 2.62.